The van der Waals surface area contributed by atoms with E-state index in [0.29, 0.717) is 0 Å². The third-order valence-corrected chi connectivity index (χ3v) is 3.44. The van der Waals surface area contributed by atoms with Crippen LogP contribution in [0, 0.1) is 0 Å². The Labute approximate surface area is 147 Å². The van der Waals surface area contributed by atoms with Crippen LogP contribution in [0.2, 0.25) is 0 Å². The predicted octanol–water partition coefficient (Wildman–Crippen LogP) is 3.75. The molecule has 9 heteroatoms. The molecule has 132 valence electrons. The van der Waals surface area contributed by atoms with Crippen molar-refractivity contribution in [2.45, 2.75) is 25.9 Å². The van der Waals surface area contributed by atoms with Gasteiger partial charge in [-0.05, 0) is 48.0 Å². The van der Waals surface area contributed by atoms with Crippen molar-refractivity contribution in [2.24, 2.45) is 0 Å². The lowest BCUT2D eigenvalue weighted by atomic mass is 10.0. The Bertz CT molecular complexity index is 793. The van der Waals surface area contributed by atoms with Gasteiger partial charge in [0.15, 0.2) is 5.11 Å². The minimum atomic E-state index is -4.49. The number of anilines is 1. The quantitative estimate of drug-likeness (QED) is 0.808. The first-order valence-electron chi connectivity index (χ1n) is 7.28. The van der Waals surface area contributed by atoms with Gasteiger partial charge < -0.3 is 5.32 Å². The predicted molar refractivity (Wildman–Crippen MR) is 91.3 cm³/mol. The SMILES string of the molecule is CC(C)c1ccnc(C(=O)NC(=S)Nc2cc(C(F)(F)F)ccn2)c1. The molecule has 1 amide bonds. The summed E-state index contributed by atoms with van der Waals surface area (Å²) in [4.78, 5) is 19.9. The number of nitrogens with zero attached hydrogens (tertiary/aromatic N) is 2. The number of nitrogens with one attached hydrogen (secondary N) is 2. The summed E-state index contributed by atoms with van der Waals surface area (Å²) in [5.74, 6) is -0.468. The molecule has 0 radical (unpaired) electrons. The molecule has 2 N–H and O–H groups in total. The first-order valence-corrected chi connectivity index (χ1v) is 7.69. The van der Waals surface area contributed by atoms with Crippen LogP contribution in [0.25, 0.3) is 0 Å². The minimum absolute atomic E-state index is 0.121. The lowest BCUT2D eigenvalue weighted by Crippen LogP contribution is -2.35. The maximum atomic E-state index is 12.7. The van der Waals surface area contributed by atoms with Gasteiger partial charge in [-0.15, -0.1) is 0 Å². The number of carbonyl (C=O) groups excluding carboxylic acids is 1. The highest BCUT2D eigenvalue weighted by atomic mass is 32.1. The highest BCUT2D eigenvalue weighted by molar-refractivity contribution is 7.80. The number of carbonyl (C=O) groups is 1. The number of hydrogen-bond acceptors (Lipinski definition) is 4. The van der Waals surface area contributed by atoms with Gasteiger partial charge >= 0.3 is 6.18 Å². The van der Waals surface area contributed by atoms with Crippen molar-refractivity contribution < 1.29 is 18.0 Å². The molecule has 0 bridgehead atoms. The van der Waals surface area contributed by atoms with E-state index in [4.69, 9.17) is 12.2 Å². The van der Waals surface area contributed by atoms with Crippen LogP contribution in [-0.4, -0.2) is 21.0 Å². The molecular formula is C16H15F3N4OS. The lowest BCUT2D eigenvalue weighted by molar-refractivity contribution is -0.137. The summed E-state index contributed by atoms with van der Waals surface area (Å²) in [6.45, 7) is 3.95. The number of rotatable bonds is 3. The molecule has 0 spiro atoms. The highest BCUT2D eigenvalue weighted by Crippen LogP contribution is 2.29. The molecule has 5 nitrogen and oxygen atoms in total. The van der Waals surface area contributed by atoms with Crippen LogP contribution in [0.1, 0.15) is 41.4 Å². The molecular weight excluding hydrogens is 353 g/mol. The fourth-order valence-corrected chi connectivity index (χ4v) is 2.12. The molecule has 0 fully saturated rings. The highest BCUT2D eigenvalue weighted by Gasteiger charge is 2.30. The Morgan fingerprint density at radius 2 is 1.84 bits per heavy atom. The first-order chi connectivity index (χ1) is 11.7. The molecule has 0 aliphatic heterocycles. The number of amides is 1. The number of alkyl halides is 3. The van der Waals surface area contributed by atoms with Crippen molar-refractivity contribution in [3.63, 3.8) is 0 Å². The average molecular weight is 368 g/mol. The summed E-state index contributed by atoms with van der Waals surface area (Å²) in [5.41, 5.74) is 0.219. The Hall–Kier alpha value is -2.55. The van der Waals surface area contributed by atoms with Crippen LogP contribution in [0.3, 0.4) is 0 Å². The number of pyridine rings is 2. The third kappa shape index (κ3) is 5.21. The molecule has 2 heterocycles. The Morgan fingerprint density at radius 1 is 1.16 bits per heavy atom. The molecule has 0 aliphatic carbocycles. The van der Waals surface area contributed by atoms with Crippen molar-refractivity contribution in [1.29, 1.82) is 0 Å². The van der Waals surface area contributed by atoms with Crippen molar-refractivity contribution in [3.8, 4) is 0 Å². The molecule has 0 saturated carbocycles. The normalized spacial score (nSPS) is 11.3. The zero-order valence-corrected chi connectivity index (χ0v) is 14.2. The second-order valence-corrected chi connectivity index (χ2v) is 5.87. The van der Waals surface area contributed by atoms with E-state index in [2.05, 4.69) is 20.6 Å². The van der Waals surface area contributed by atoms with Crippen LogP contribution >= 0.6 is 12.2 Å². The largest absolute Gasteiger partial charge is 0.416 e. The second-order valence-electron chi connectivity index (χ2n) is 5.46. The molecule has 0 unspecified atom stereocenters. The van der Waals surface area contributed by atoms with Crippen molar-refractivity contribution >= 4 is 29.1 Å². The summed E-state index contributed by atoms with van der Waals surface area (Å²) in [7, 11) is 0. The van der Waals surface area contributed by atoms with E-state index in [9.17, 15) is 18.0 Å². The molecule has 0 aromatic carbocycles. The average Bonchev–Trinajstić information content (AvgIpc) is 2.54. The maximum absolute atomic E-state index is 12.7. The molecule has 0 aliphatic rings. The minimum Gasteiger partial charge on any atom is -0.317 e. The molecule has 0 saturated heterocycles. The zero-order chi connectivity index (χ0) is 18.6. The van der Waals surface area contributed by atoms with Crippen molar-refractivity contribution in [1.82, 2.24) is 15.3 Å². The van der Waals surface area contributed by atoms with E-state index < -0.39 is 17.6 Å². The first kappa shape index (κ1) is 18.8. The van der Waals surface area contributed by atoms with Crippen LogP contribution in [-0.2, 0) is 6.18 Å². The van der Waals surface area contributed by atoms with E-state index in [0.717, 1.165) is 23.9 Å². The van der Waals surface area contributed by atoms with Gasteiger partial charge in [0, 0.05) is 12.4 Å². The topological polar surface area (TPSA) is 66.9 Å². The summed E-state index contributed by atoms with van der Waals surface area (Å²) < 4.78 is 38.0. The van der Waals surface area contributed by atoms with Gasteiger partial charge in [0.1, 0.15) is 11.5 Å². The van der Waals surface area contributed by atoms with E-state index in [-0.39, 0.29) is 22.5 Å². The Kier molecular flexibility index (Phi) is 5.68. The maximum Gasteiger partial charge on any atom is 0.416 e. The van der Waals surface area contributed by atoms with Crippen LogP contribution < -0.4 is 10.6 Å². The Morgan fingerprint density at radius 3 is 2.48 bits per heavy atom. The van der Waals surface area contributed by atoms with Gasteiger partial charge in [0.2, 0.25) is 0 Å². The van der Waals surface area contributed by atoms with Gasteiger partial charge in [-0.2, -0.15) is 13.2 Å². The number of halogens is 3. The zero-order valence-electron chi connectivity index (χ0n) is 13.4. The van der Waals surface area contributed by atoms with Crippen LogP contribution in [0.15, 0.2) is 36.7 Å². The second kappa shape index (κ2) is 7.56. The van der Waals surface area contributed by atoms with Crippen molar-refractivity contribution in [2.75, 3.05) is 5.32 Å². The monoisotopic (exact) mass is 368 g/mol. The standard InChI is InChI=1S/C16H15F3N4OS/c1-9(2)10-3-5-20-12(7-10)14(24)23-15(25)22-13-8-11(4-6-21-13)16(17,18)19/h3-9H,1-2H3,(H2,21,22,23,24,25). The van der Waals surface area contributed by atoms with Gasteiger partial charge in [-0.3, -0.25) is 15.1 Å². The fraction of sp³-hybridized carbons (Fsp3) is 0.250. The van der Waals surface area contributed by atoms with E-state index in [1.807, 2.05) is 13.8 Å². The van der Waals surface area contributed by atoms with Crippen LogP contribution in [0.5, 0.6) is 0 Å². The smallest absolute Gasteiger partial charge is 0.317 e. The molecule has 2 aromatic heterocycles. The van der Waals surface area contributed by atoms with Gasteiger partial charge in [0.05, 0.1) is 5.56 Å². The van der Waals surface area contributed by atoms with Gasteiger partial charge in [0.25, 0.3) is 5.91 Å². The van der Waals surface area contributed by atoms with E-state index in [1.165, 1.54) is 6.20 Å². The van der Waals surface area contributed by atoms with E-state index >= 15 is 0 Å². The summed E-state index contributed by atoms with van der Waals surface area (Å²) >= 11 is 4.94. The number of aromatic nitrogens is 2. The molecule has 0 atom stereocenters. The van der Waals surface area contributed by atoms with Gasteiger partial charge in [-0.25, -0.2) is 4.98 Å². The lowest BCUT2D eigenvalue weighted by Gasteiger charge is -2.11. The van der Waals surface area contributed by atoms with E-state index in [1.54, 1.807) is 12.1 Å². The molecule has 25 heavy (non-hydrogen) atoms. The number of hydrogen-bond donors (Lipinski definition) is 2. The molecule has 2 aromatic rings. The van der Waals surface area contributed by atoms with Crippen LogP contribution in [0.4, 0.5) is 19.0 Å². The summed E-state index contributed by atoms with van der Waals surface area (Å²) in [6, 6.07) is 5.07. The Balaban J connectivity index is 2.05. The molecule has 2 rings (SSSR count). The van der Waals surface area contributed by atoms with Crippen molar-refractivity contribution in [3.05, 3.63) is 53.5 Å². The number of thiocarbonyl (C=S) groups is 1. The third-order valence-electron chi connectivity index (χ3n) is 3.24. The summed E-state index contributed by atoms with van der Waals surface area (Å²) in [5, 5.41) is 4.65. The summed E-state index contributed by atoms with van der Waals surface area (Å²) in [6.07, 6.45) is -1.98. The van der Waals surface area contributed by atoms with Gasteiger partial charge in [-0.1, -0.05) is 13.8 Å². The fourth-order valence-electron chi connectivity index (χ4n) is 1.92.